The van der Waals surface area contributed by atoms with Crippen LogP contribution in [0.15, 0.2) is 41.3 Å². The Hall–Kier alpha value is -1.85. The number of fused-ring (bicyclic) bond motifs is 1. The highest BCUT2D eigenvalue weighted by Gasteiger charge is 2.23. The third-order valence-electron chi connectivity index (χ3n) is 4.17. The average molecular weight is 322 g/mol. The van der Waals surface area contributed by atoms with Gasteiger partial charge in [-0.15, -0.1) is 12.4 Å². The predicted octanol–water partition coefficient (Wildman–Crippen LogP) is 1.24. The normalized spacial score (nSPS) is 17.2. The molecule has 1 saturated heterocycles. The van der Waals surface area contributed by atoms with Gasteiger partial charge in [0.25, 0.3) is 0 Å². The number of nitrogens with zero attached hydrogens (tertiary/aromatic N) is 2. The fourth-order valence-corrected chi connectivity index (χ4v) is 2.83. The summed E-state index contributed by atoms with van der Waals surface area (Å²) in [6.45, 7) is 2.07. The maximum atomic E-state index is 12.4. The summed E-state index contributed by atoms with van der Waals surface area (Å²) in [7, 11) is 1.85. The van der Waals surface area contributed by atoms with Crippen molar-refractivity contribution in [3.05, 3.63) is 46.8 Å². The number of rotatable bonds is 3. The average Bonchev–Trinajstić information content (AvgIpc) is 3.04. The number of carbonyl (C=O) groups is 1. The molecule has 1 fully saturated rings. The molecule has 0 saturated carbocycles. The van der Waals surface area contributed by atoms with E-state index in [-0.39, 0.29) is 36.3 Å². The summed E-state index contributed by atoms with van der Waals surface area (Å²) in [5.74, 6) is 0.0671. The van der Waals surface area contributed by atoms with Crippen molar-refractivity contribution in [2.45, 2.75) is 19.0 Å². The molecule has 1 atom stereocenters. The molecule has 5 nitrogen and oxygen atoms in total. The summed E-state index contributed by atoms with van der Waals surface area (Å²) in [6.07, 6.45) is 2.69. The molecular weight excluding hydrogens is 302 g/mol. The highest BCUT2D eigenvalue weighted by atomic mass is 35.5. The lowest BCUT2D eigenvalue weighted by Gasteiger charge is -2.24. The van der Waals surface area contributed by atoms with Crippen LogP contribution in [0.25, 0.3) is 10.9 Å². The molecule has 2 aromatic rings. The minimum absolute atomic E-state index is 0. The molecule has 2 heterocycles. The standard InChI is InChI=1S/C16H19N3O2.ClH/c1-18(12-6-8-17-10-12)16(21)11-19-9-7-15(20)13-4-2-3-5-14(13)19;/h2-5,7,9,12,17H,6,8,10-11H2,1H3;1H. The van der Waals surface area contributed by atoms with Crippen LogP contribution >= 0.6 is 12.4 Å². The summed E-state index contributed by atoms with van der Waals surface area (Å²) in [6, 6.07) is 9.18. The van der Waals surface area contributed by atoms with Crippen molar-refractivity contribution < 1.29 is 4.79 Å². The molecule has 1 aromatic heterocycles. The number of benzene rings is 1. The first-order chi connectivity index (χ1) is 10.2. The molecule has 0 spiro atoms. The summed E-state index contributed by atoms with van der Waals surface area (Å²) in [4.78, 5) is 26.1. The maximum Gasteiger partial charge on any atom is 0.242 e. The van der Waals surface area contributed by atoms with E-state index in [4.69, 9.17) is 0 Å². The van der Waals surface area contributed by atoms with E-state index < -0.39 is 0 Å². The molecule has 22 heavy (non-hydrogen) atoms. The topological polar surface area (TPSA) is 54.3 Å². The van der Waals surface area contributed by atoms with Crippen molar-refractivity contribution in [1.82, 2.24) is 14.8 Å². The zero-order valence-electron chi connectivity index (χ0n) is 12.5. The van der Waals surface area contributed by atoms with Gasteiger partial charge >= 0.3 is 0 Å². The summed E-state index contributed by atoms with van der Waals surface area (Å²) >= 11 is 0. The molecule has 1 aliphatic rings. The van der Waals surface area contributed by atoms with Crippen LogP contribution in [0.1, 0.15) is 6.42 Å². The fraction of sp³-hybridized carbons (Fsp3) is 0.375. The van der Waals surface area contributed by atoms with Gasteiger partial charge in [0.2, 0.25) is 5.91 Å². The predicted molar refractivity (Wildman–Crippen MR) is 89.5 cm³/mol. The molecule has 0 radical (unpaired) electrons. The fourth-order valence-electron chi connectivity index (χ4n) is 2.83. The van der Waals surface area contributed by atoms with E-state index in [9.17, 15) is 9.59 Å². The number of halogens is 1. The lowest BCUT2D eigenvalue weighted by Crippen LogP contribution is -2.40. The van der Waals surface area contributed by atoms with Gasteiger partial charge in [0.05, 0.1) is 5.52 Å². The van der Waals surface area contributed by atoms with E-state index in [1.54, 1.807) is 12.3 Å². The molecule has 1 aliphatic heterocycles. The molecule has 118 valence electrons. The molecule has 0 bridgehead atoms. The van der Waals surface area contributed by atoms with Crippen LogP contribution in [-0.2, 0) is 11.3 Å². The number of hydrogen-bond acceptors (Lipinski definition) is 3. The van der Waals surface area contributed by atoms with Crippen LogP contribution in [0.5, 0.6) is 0 Å². The molecule has 3 rings (SSSR count). The van der Waals surface area contributed by atoms with Gasteiger partial charge in [0.1, 0.15) is 6.54 Å². The largest absolute Gasteiger partial charge is 0.340 e. The van der Waals surface area contributed by atoms with Crippen LogP contribution in [-0.4, -0.2) is 41.6 Å². The van der Waals surface area contributed by atoms with E-state index in [0.29, 0.717) is 5.39 Å². The van der Waals surface area contributed by atoms with Crippen molar-refractivity contribution >= 4 is 29.2 Å². The Morgan fingerprint density at radius 3 is 2.86 bits per heavy atom. The lowest BCUT2D eigenvalue weighted by molar-refractivity contribution is -0.132. The smallest absolute Gasteiger partial charge is 0.242 e. The number of carbonyl (C=O) groups excluding carboxylic acids is 1. The first-order valence-electron chi connectivity index (χ1n) is 7.21. The number of amides is 1. The van der Waals surface area contributed by atoms with E-state index in [2.05, 4.69) is 5.32 Å². The van der Waals surface area contributed by atoms with E-state index >= 15 is 0 Å². The van der Waals surface area contributed by atoms with Crippen molar-refractivity contribution in [1.29, 1.82) is 0 Å². The van der Waals surface area contributed by atoms with Crippen LogP contribution in [0.4, 0.5) is 0 Å². The maximum absolute atomic E-state index is 12.4. The molecule has 0 aliphatic carbocycles. The van der Waals surface area contributed by atoms with Gasteiger partial charge < -0.3 is 14.8 Å². The first kappa shape index (κ1) is 16.5. The Labute approximate surface area is 135 Å². The molecule has 1 unspecified atom stereocenters. The number of nitrogens with one attached hydrogen (secondary N) is 1. The molecule has 1 amide bonds. The Kier molecular flexibility index (Phi) is 5.21. The van der Waals surface area contributed by atoms with Gasteiger partial charge in [0.15, 0.2) is 5.43 Å². The minimum atomic E-state index is -0.0114. The Bertz CT molecular complexity index is 723. The lowest BCUT2D eigenvalue weighted by atomic mass is 10.2. The van der Waals surface area contributed by atoms with Gasteiger partial charge in [-0.2, -0.15) is 0 Å². The second kappa shape index (κ2) is 6.94. The van der Waals surface area contributed by atoms with Crippen molar-refractivity contribution in [3.63, 3.8) is 0 Å². The van der Waals surface area contributed by atoms with Crippen molar-refractivity contribution in [2.75, 3.05) is 20.1 Å². The third-order valence-corrected chi connectivity index (χ3v) is 4.17. The van der Waals surface area contributed by atoms with E-state index in [1.807, 2.05) is 34.7 Å². The van der Waals surface area contributed by atoms with Gasteiger partial charge in [-0.25, -0.2) is 0 Å². The number of pyridine rings is 1. The number of likely N-dealkylation sites (N-methyl/N-ethyl adjacent to an activating group) is 1. The quantitative estimate of drug-likeness (QED) is 0.925. The third kappa shape index (κ3) is 3.15. The zero-order chi connectivity index (χ0) is 14.8. The summed E-state index contributed by atoms with van der Waals surface area (Å²) < 4.78 is 1.85. The first-order valence-corrected chi connectivity index (χ1v) is 7.21. The summed E-state index contributed by atoms with van der Waals surface area (Å²) in [5.41, 5.74) is 0.791. The van der Waals surface area contributed by atoms with Gasteiger partial charge in [-0.1, -0.05) is 12.1 Å². The van der Waals surface area contributed by atoms with Gasteiger partial charge in [-0.3, -0.25) is 9.59 Å². The number of hydrogen-bond donors (Lipinski definition) is 1. The zero-order valence-corrected chi connectivity index (χ0v) is 13.3. The Morgan fingerprint density at radius 1 is 1.36 bits per heavy atom. The SMILES string of the molecule is CN(C(=O)Cn1ccc(=O)c2ccccc21)C1CCNC1.Cl. The molecule has 1 aromatic carbocycles. The van der Waals surface area contributed by atoms with Crippen LogP contribution in [0, 0.1) is 0 Å². The van der Waals surface area contributed by atoms with Crippen molar-refractivity contribution in [3.8, 4) is 0 Å². The number of para-hydroxylation sites is 1. The van der Waals surface area contributed by atoms with E-state index in [1.165, 1.54) is 6.07 Å². The highest BCUT2D eigenvalue weighted by Crippen LogP contribution is 2.11. The monoisotopic (exact) mass is 321 g/mol. The van der Waals surface area contributed by atoms with Crippen LogP contribution in [0.2, 0.25) is 0 Å². The molecule has 6 heteroatoms. The minimum Gasteiger partial charge on any atom is -0.340 e. The Balaban J connectivity index is 0.00000176. The van der Waals surface area contributed by atoms with Gasteiger partial charge in [-0.05, 0) is 25.1 Å². The molecule has 1 N–H and O–H groups in total. The van der Waals surface area contributed by atoms with Crippen LogP contribution < -0.4 is 10.7 Å². The number of aromatic nitrogens is 1. The van der Waals surface area contributed by atoms with Gasteiger partial charge in [0, 0.05) is 37.3 Å². The second-order valence-corrected chi connectivity index (χ2v) is 5.48. The second-order valence-electron chi connectivity index (χ2n) is 5.48. The summed E-state index contributed by atoms with van der Waals surface area (Å²) in [5, 5.41) is 3.92. The van der Waals surface area contributed by atoms with E-state index in [0.717, 1.165) is 25.0 Å². The van der Waals surface area contributed by atoms with Crippen molar-refractivity contribution in [2.24, 2.45) is 0 Å². The van der Waals surface area contributed by atoms with Crippen LogP contribution in [0.3, 0.4) is 0 Å². The Morgan fingerprint density at radius 2 is 2.14 bits per heavy atom. The highest BCUT2D eigenvalue weighted by molar-refractivity contribution is 5.85. The molecular formula is C16H20ClN3O2.